The largest absolute Gasteiger partial charge is 0.333 e. The molecule has 0 spiro atoms. The van der Waals surface area contributed by atoms with Gasteiger partial charge in [-0.25, -0.2) is 4.98 Å². The molecule has 0 aliphatic rings. The highest BCUT2D eigenvalue weighted by Crippen LogP contribution is 2.32. The molecule has 0 atom stereocenters. The summed E-state index contributed by atoms with van der Waals surface area (Å²) >= 11 is 5.18. The molecule has 5 heteroatoms. The van der Waals surface area contributed by atoms with E-state index in [1.807, 2.05) is 6.07 Å². The summed E-state index contributed by atoms with van der Waals surface area (Å²) in [6.07, 6.45) is 0.870. The highest BCUT2D eigenvalue weighted by molar-refractivity contribution is 9.10. The van der Waals surface area contributed by atoms with Crippen molar-refractivity contribution in [3.63, 3.8) is 0 Å². The van der Waals surface area contributed by atoms with Crippen molar-refractivity contribution in [1.82, 2.24) is 9.97 Å². The second-order valence-corrected chi connectivity index (χ2v) is 6.90. The van der Waals surface area contributed by atoms with E-state index in [9.17, 15) is 0 Å². The smallest absolute Gasteiger partial charge is 0.171 e. The fraction of sp³-hybridized carbons (Fsp3) is 0.188. The van der Waals surface area contributed by atoms with Gasteiger partial charge in [0.05, 0.1) is 11.0 Å². The number of aryl methyl sites for hydroxylation is 1. The zero-order valence-corrected chi connectivity index (χ0v) is 14.1. The summed E-state index contributed by atoms with van der Waals surface area (Å²) in [6.45, 7) is 2.73. The van der Waals surface area contributed by atoms with Crippen molar-refractivity contribution in [3.05, 3.63) is 52.0 Å². The Balaban J connectivity index is 1.95. The number of H-pyrrole nitrogens is 1. The van der Waals surface area contributed by atoms with Crippen molar-refractivity contribution in [2.75, 3.05) is 6.54 Å². The van der Waals surface area contributed by atoms with Crippen LogP contribution < -0.4 is 5.73 Å². The number of imidazole rings is 1. The molecule has 0 fully saturated rings. The first-order valence-corrected chi connectivity index (χ1v) is 8.39. The number of aromatic amines is 1. The van der Waals surface area contributed by atoms with Crippen LogP contribution in [0.1, 0.15) is 11.1 Å². The van der Waals surface area contributed by atoms with Crippen molar-refractivity contribution in [3.8, 4) is 0 Å². The van der Waals surface area contributed by atoms with Crippen LogP contribution in [-0.4, -0.2) is 16.5 Å². The molecular weight excluding hydrogens is 346 g/mol. The normalized spacial score (nSPS) is 11.2. The summed E-state index contributed by atoms with van der Waals surface area (Å²) < 4.78 is 1.07. The molecule has 2 aromatic carbocycles. The highest BCUT2D eigenvalue weighted by atomic mass is 79.9. The molecule has 3 rings (SSSR count). The molecule has 3 aromatic rings. The monoisotopic (exact) mass is 361 g/mol. The lowest BCUT2D eigenvalue weighted by Gasteiger charge is -2.07. The number of rotatable bonds is 4. The van der Waals surface area contributed by atoms with Crippen molar-refractivity contribution in [1.29, 1.82) is 0 Å². The van der Waals surface area contributed by atoms with Gasteiger partial charge < -0.3 is 10.7 Å². The van der Waals surface area contributed by atoms with Gasteiger partial charge >= 0.3 is 0 Å². The lowest BCUT2D eigenvalue weighted by Crippen LogP contribution is -2.03. The predicted octanol–water partition coefficient (Wildman–Crippen LogP) is 4.29. The maximum Gasteiger partial charge on any atom is 0.171 e. The van der Waals surface area contributed by atoms with E-state index in [1.54, 1.807) is 11.8 Å². The zero-order chi connectivity index (χ0) is 14.8. The molecule has 21 heavy (non-hydrogen) atoms. The summed E-state index contributed by atoms with van der Waals surface area (Å²) in [5.41, 5.74) is 10.3. The van der Waals surface area contributed by atoms with Gasteiger partial charge in [-0.3, -0.25) is 0 Å². The molecule has 3 N–H and O–H groups in total. The van der Waals surface area contributed by atoms with Gasteiger partial charge in [0, 0.05) is 9.37 Å². The molecule has 3 nitrogen and oxygen atoms in total. The number of fused-ring (bicyclic) bond motifs is 1. The molecule has 0 bridgehead atoms. The van der Waals surface area contributed by atoms with E-state index in [2.05, 4.69) is 63.2 Å². The average molecular weight is 362 g/mol. The van der Waals surface area contributed by atoms with Crippen molar-refractivity contribution in [2.24, 2.45) is 5.73 Å². The van der Waals surface area contributed by atoms with Gasteiger partial charge in [0.1, 0.15) is 0 Å². The van der Waals surface area contributed by atoms with Gasteiger partial charge in [-0.05, 0) is 55.3 Å². The minimum atomic E-state index is 0.647. The lowest BCUT2D eigenvalue weighted by molar-refractivity contribution is 0.941. The second kappa shape index (κ2) is 6.22. The van der Waals surface area contributed by atoms with E-state index in [0.717, 1.165) is 27.1 Å². The van der Waals surface area contributed by atoms with Gasteiger partial charge in [-0.2, -0.15) is 0 Å². The number of nitrogens with zero attached hydrogens (tertiary/aromatic N) is 1. The Hall–Kier alpha value is -1.30. The number of hydrogen-bond acceptors (Lipinski definition) is 3. The summed E-state index contributed by atoms with van der Waals surface area (Å²) in [5, 5.41) is 0.909. The number of aromatic nitrogens is 2. The van der Waals surface area contributed by atoms with E-state index in [0.29, 0.717) is 6.54 Å². The Morgan fingerprint density at radius 1 is 1.24 bits per heavy atom. The van der Waals surface area contributed by atoms with Gasteiger partial charge in [0.2, 0.25) is 0 Å². The van der Waals surface area contributed by atoms with E-state index in [-0.39, 0.29) is 0 Å². The van der Waals surface area contributed by atoms with E-state index >= 15 is 0 Å². The first-order valence-electron chi connectivity index (χ1n) is 6.78. The van der Waals surface area contributed by atoms with Crippen molar-refractivity contribution in [2.45, 2.75) is 23.4 Å². The van der Waals surface area contributed by atoms with E-state index < -0.39 is 0 Å². The molecule has 1 aromatic heterocycles. The van der Waals surface area contributed by atoms with Crippen LogP contribution in [0.3, 0.4) is 0 Å². The van der Waals surface area contributed by atoms with Gasteiger partial charge in [0.25, 0.3) is 0 Å². The van der Waals surface area contributed by atoms with E-state index in [1.165, 1.54) is 16.0 Å². The molecule has 0 aliphatic heterocycles. The quantitative estimate of drug-likeness (QED) is 0.728. The Bertz CT molecular complexity index is 782. The molecule has 0 saturated carbocycles. The van der Waals surface area contributed by atoms with Crippen LogP contribution in [0.15, 0.2) is 50.9 Å². The number of nitrogens with two attached hydrogens (primary N) is 1. The average Bonchev–Trinajstić information content (AvgIpc) is 2.83. The molecule has 0 amide bonds. The van der Waals surface area contributed by atoms with Crippen LogP contribution in [0.2, 0.25) is 0 Å². The number of benzene rings is 2. The third-order valence-electron chi connectivity index (χ3n) is 3.27. The number of hydrogen-bond donors (Lipinski definition) is 2. The Labute approximate surface area is 136 Å². The Kier molecular flexibility index (Phi) is 4.33. The molecule has 0 radical (unpaired) electrons. The molecular formula is C16H16BrN3S. The third-order valence-corrected chi connectivity index (χ3v) is 4.75. The van der Waals surface area contributed by atoms with Crippen LogP contribution in [0.25, 0.3) is 11.0 Å². The topological polar surface area (TPSA) is 54.7 Å². The SMILES string of the molecule is Cc1ccc2nc(Sc3cc(Br)ccc3CCN)[nH]c2c1. The van der Waals surface area contributed by atoms with Crippen LogP contribution in [0, 0.1) is 6.92 Å². The summed E-state index contributed by atoms with van der Waals surface area (Å²) in [7, 11) is 0. The third kappa shape index (κ3) is 3.31. The highest BCUT2D eigenvalue weighted by Gasteiger charge is 2.09. The van der Waals surface area contributed by atoms with Crippen LogP contribution in [0.4, 0.5) is 0 Å². The number of halogens is 1. The minimum absolute atomic E-state index is 0.647. The predicted molar refractivity (Wildman–Crippen MR) is 91.9 cm³/mol. The molecule has 0 saturated heterocycles. The Morgan fingerprint density at radius 3 is 2.90 bits per heavy atom. The fourth-order valence-corrected chi connectivity index (χ4v) is 3.75. The van der Waals surface area contributed by atoms with Gasteiger partial charge in [-0.15, -0.1) is 0 Å². The first-order chi connectivity index (χ1) is 10.2. The van der Waals surface area contributed by atoms with Crippen LogP contribution in [0.5, 0.6) is 0 Å². The van der Waals surface area contributed by atoms with E-state index in [4.69, 9.17) is 5.73 Å². The maximum atomic E-state index is 5.69. The van der Waals surface area contributed by atoms with Gasteiger partial charge in [0.15, 0.2) is 5.16 Å². The van der Waals surface area contributed by atoms with Gasteiger partial charge in [-0.1, -0.05) is 39.8 Å². The summed E-state index contributed by atoms with van der Waals surface area (Å²) in [5.74, 6) is 0. The maximum absolute atomic E-state index is 5.69. The lowest BCUT2D eigenvalue weighted by atomic mass is 10.1. The molecule has 108 valence electrons. The first kappa shape index (κ1) is 14.6. The summed E-state index contributed by atoms with van der Waals surface area (Å²) in [4.78, 5) is 9.21. The Morgan fingerprint density at radius 2 is 2.10 bits per heavy atom. The van der Waals surface area contributed by atoms with Crippen molar-refractivity contribution < 1.29 is 0 Å². The molecule has 1 heterocycles. The van der Waals surface area contributed by atoms with Crippen LogP contribution in [-0.2, 0) is 6.42 Å². The molecule has 0 unspecified atom stereocenters. The minimum Gasteiger partial charge on any atom is -0.333 e. The van der Waals surface area contributed by atoms with Crippen LogP contribution >= 0.6 is 27.7 Å². The standard InChI is InChI=1S/C16H16BrN3S/c1-10-2-5-13-14(8-10)20-16(19-13)21-15-9-12(17)4-3-11(15)6-7-18/h2-5,8-9H,6-7,18H2,1H3,(H,19,20). The second-order valence-electron chi connectivity index (χ2n) is 4.96. The molecule has 0 aliphatic carbocycles. The van der Waals surface area contributed by atoms with Crippen molar-refractivity contribution >= 4 is 38.7 Å². The zero-order valence-electron chi connectivity index (χ0n) is 11.7. The summed E-state index contributed by atoms with van der Waals surface area (Å²) in [6, 6.07) is 12.5. The number of nitrogens with one attached hydrogen (secondary N) is 1. The fourth-order valence-electron chi connectivity index (χ4n) is 2.24.